The van der Waals surface area contributed by atoms with Gasteiger partial charge in [-0.2, -0.15) is 18.3 Å². The molecule has 1 saturated carbocycles. The standard InChI is InChI=1S/C19H18F3N7OS/c1-3-31(23,30)18-14(17-25-12(10-4-5-10)6-7-29(17)27-18)16-26-13-8-11(19(20,21)22)9-24-15(13)28(16)2/h6-10,23H,3-5H2,1-2H3. The lowest BCUT2D eigenvalue weighted by atomic mass is 10.2. The van der Waals surface area contributed by atoms with Crippen molar-refractivity contribution in [2.45, 2.75) is 36.9 Å². The Balaban J connectivity index is 1.82. The van der Waals surface area contributed by atoms with E-state index in [1.165, 1.54) is 9.08 Å². The van der Waals surface area contributed by atoms with E-state index < -0.39 is 21.5 Å². The Labute approximate surface area is 175 Å². The van der Waals surface area contributed by atoms with Crippen LogP contribution in [0.5, 0.6) is 0 Å². The Bertz CT molecular complexity index is 1450. The molecule has 0 radical (unpaired) electrons. The molecule has 12 heteroatoms. The van der Waals surface area contributed by atoms with Crippen molar-refractivity contribution in [2.75, 3.05) is 5.75 Å². The molecule has 1 unspecified atom stereocenters. The molecule has 0 bridgehead atoms. The van der Waals surface area contributed by atoms with E-state index in [1.807, 2.05) is 6.07 Å². The second-order valence-electron chi connectivity index (χ2n) is 7.60. The summed E-state index contributed by atoms with van der Waals surface area (Å²) in [6.07, 6.45) is -0.0300. The van der Waals surface area contributed by atoms with E-state index in [0.29, 0.717) is 17.1 Å². The first-order valence-electron chi connectivity index (χ1n) is 9.66. The van der Waals surface area contributed by atoms with E-state index in [-0.39, 0.29) is 27.8 Å². The quantitative estimate of drug-likeness (QED) is 0.507. The first-order chi connectivity index (χ1) is 14.6. The maximum absolute atomic E-state index is 13.1. The van der Waals surface area contributed by atoms with E-state index in [9.17, 15) is 17.4 Å². The summed E-state index contributed by atoms with van der Waals surface area (Å²) in [6.45, 7) is 1.62. The summed E-state index contributed by atoms with van der Waals surface area (Å²) >= 11 is 0. The van der Waals surface area contributed by atoms with Crippen LogP contribution in [-0.4, -0.2) is 39.1 Å². The zero-order chi connectivity index (χ0) is 22.1. The lowest BCUT2D eigenvalue weighted by molar-refractivity contribution is -0.137. The van der Waals surface area contributed by atoms with Crippen LogP contribution in [-0.2, 0) is 23.0 Å². The van der Waals surface area contributed by atoms with Gasteiger partial charge >= 0.3 is 6.18 Å². The predicted octanol–water partition coefficient (Wildman–Crippen LogP) is 4.00. The zero-order valence-electron chi connectivity index (χ0n) is 16.6. The number of pyridine rings is 1. The monoisotopic (exact) mass is 449 g/mol. The minimum absolute atomic E-state index is 0.0184. The molecule has 8 nitrogen and oxygen atoms in total. The third kappa shape index (κ3) is 3.16. The number of aryl methyl sites for hydroxylation is 1. The molecule has 0 aliphatic heterocycles. The van der Waals surface area contributed by atoms with Gasteiger partial charge in [0, 0.05) is 36.8 Å². The summed E-state index contributed by atoms with van der Waals surface area (Å²) < 4.78 is 63.7. The lowest BCUT2D eigenvalue weighted by Crippen LogP contribution is -2.06. The molecular weight excluding hydrogens is 431 g/mol. The summed E-state index contributed by atoms with van der Waals surface area (Å²) in [5.41, 5.74) is 0.908. The highest BCUT2D eigenvalue weighted by Gasteiger charge is 2.33. The lowest BCUT2D eigenvalue weighted by Gasteiger charge is -2.06. The number of halogens is 3. The number of hydrogen-bond donors (Lipinski definition) is 1. The fourth-order valence-corrected chi connectivity index (χ4v) is 4.55. The summed E-state index contributed by atoms with van der Waals surface area (Å²) in [7, 11) is -1.66. The summed E-state index contributed by atoms with van der Waals surface area (Å²) in [5.74, 6) is 0.597. The van der Waals surface area contributed by atoms with Gasteiger partial charge in [0.2, 0.25) is 0 Å². The SMILES string of the molecule is CCS(=N)(=O)c1nn2ccc(C3CC3)nc2c1-c1nc2cc(C(F)(F)F)cnc2n1C. The van der Waals surface area contributed by atoms with Crippen molar-refractivity contribution in [3.8, 4) is 11.4 Å². The van der Waals surface area contributed by atoms with Crippen LogP contribution in [0, 0.1) is 4.78 Å². The second kappa shape index (κ2) is 6.49. The highest BCUT2D eigenvalue weighted by atomic mass is 32.2. The molecule has 4 aromatic heterocycles. The molecule has 1 fully saturated rings. The molecule has 0 aromatic carbocycles. The number of nitrogens with zero attached hydrogens (tertiary/aromatic N) is 6. The molecule has 1 atom stereocenters. The van der Waals surface area contributed by atoms with Crippen molar-refractivity contribution in [2.24, 2.45) is 7.05 Å². The van der Waals surface area contributed by atoms with E-state index in [2.05, 4.69) is 20.1 Å². The van der Waals surface area contributed by atoms with Gasteiger partial charge in [0.15, 0.2) is 16.3 Å². The van der Waals surface area contributed by atoms with Gasteiger partial charge in [-0.1, -0.05) is 6.92 Å². The first-order valence-corrected chi connectivity index (χ1v) is 11.4. The van der Waals surface area contributed by atoms with Crippen LogP contribution in [0.2, 0.25) is 0 Å². The maximum Gasteiger partial charge on any atom is 0.417 e. The molecule has 1 aliphatic rings. The van der Waals surface area contributed by atoms with Gasteiger partial charge in [0.1, 0.15) is 11.3 Å². The Morgan fingerprint density at radius 3 is 2.65 bits per heavy atom. The van der Waals surface area contributed by atoms with Crippen molar-refractivity contribution in [3.05, 3.63) is 35.8 Å². The van der Waals surface area contributed by atoms with Crippen molar-refractivity contribution in [3.63, 3.8) is 0 Å². The topological polar surface area (TPSA) is 102 Å². The van der Waals surface area contributed by atoms with E-state index in [0.717, 1.165) is 30.8 Å². The second-order valence-corrected chi connectivity index (χ2v) is 9.91. The summed E-state index contributed by atoms with van der Waals surface area (Å²) in [5, 5.41) is 4.38. The van der Waals surface area contributed by atoms with Crippen molar-refractivity contribution >= 4 is 26.5 Å². The predicted molar refractivity (Wildman–Crippen MR) is 107 cm³/mol. The van der Waals surface area contributed by atoms with Gasteiger partial charge < -0.3 is 4.57 Å². The number of hydrogen-bond acceptors (Lipinski definition) is 6. The minimum Gasteiger partial charge on any atom is -0.312 e. The molecule has 4 heterocycles. The fraction of sp³-hybridized carbons (Fsp3) is 0.368. The number of rotatable bonds is 4. The third-order valence-electron chi connectivity index (χ3n) is 5.45. The van der Waals surface area contributed by atoms with E-state index in [1.54, 1.807) is 20.2 Å². The zero-order valence-corrected chi connectivity index (χ0v) is 17.5. The number of nitrogens with one attached hydrogen (secondary N) is 1. The first kappa shape index (κ1) is 19.9. The Morgan fingerprint density at radius 2 is 2.00 bits per heavy atom. The number of imidazole rings is 1. The molecule has 1 aliphatic carbocycles. The van der Waals surface area contributed by atoms with Gasteiger partial charge in [0.25, 0.3) is 0 Å². The normalized spacial score (nSPS) is 16.8. The van der Waals surface area contributed by atoms with Gasteiger partial charge in [-0.15, -0.1) is 0 Å². The molecule has 0 spiro atoms. The van der Waals surface area contributed by atoms with E-state index in [4.69, 9.17) is 4.78 Å². The van der Waals surface area contributed by atoms with Crippen LogP contribution in [0.1, 0.15) is 36.9 Å². The van der Waals surface area contributed by atoms with Crippen molar-refractivity contribution < 1.29 is 17.4 Å². The third-order valence-corrected chi connectivity index (χ3v) is 7.17. The minimum atomic E-state index is -4.55. The van der Waals surface area contributed by atoms with Crippen LogP contribution < -0.4 is 0 Å². The molecule has 0 amide bonds. The molecule has 31 heavy (non-hydrogen) atoms. The van der Waals surface area contributed by atoms with Crippen LogP contribution in [0.25, 0.3) is 28.2 Å². The van der Waals surface area contributed by atoms with Crippen LogP contribution >= 0.6 is 0 Å². The largest absolute Gasteiger partial charge is 0.417 e. The number of alkyl halides is 3. The maximum atomic E-state index is 13.1. The summed E-state index contributed by atoms with van der Waals surface area (Å²) in [4.78, 5) is 13.0. The Kier molecular flexibility index (Phi) is 4.17. The van der Waals surface area contributed by atoms with Crippen molar-refractivity contribution in [1.29, 1.82) is 4.78 Å². The van der Waals surface area contributed by atoms with Crippen LogP contribution in [0.4, 0.5) is 13.2 Å². The molecular formula is C19H18F3N7OS. The highest BCUT2D eigenvalue weighted by Crippen LogP contribution is 2.40. The molecule has 5 rings (SSSR count). The van der Waals surface area contributed by atoms with E-state index >= 15 is 0 Å². The Hall–Kier alpha value is -3.02. The van der Waals surface area contributed by atoms with Gasteiger partial charge in [-0.05, 0) is 25.0 Å². The average Bonchev–Trinajstić information content (AvgIpc) is 3.43. The fourth-order valence-electron chi connectivity index (χ4n) is 3.55. The smallest absolute Gasteiger partial charge is 0.312 e. The van der Waals surface area contributed by atoms with Crippen LogP contribution in [0.3, 0.4) is 0 Å². The van der Waals surface area contributed by atoms with Gasteiger partial charge in [-0.25, -0.2) is 28.5 Å². The molecule has 1 N–H and O–H groups in total. The molecule has 162 valence electrons. The Morgan fingerprint density at radius 1 is 1.26 bits per heavy atom. The van der Waals surface area contributed by atoms with Gasteiger partial charge in [0.05, 0.1) is 20.9 Å². The average molecular weight is 449 g/mol. The summed E-state index contributed by atoms with van der Waals surface area (Å²) in [6, 6.07) is 2.77. The van der Waals surface area contributed by atoms with Crippen molar-refractivity contribution in [1.82, 2.24) is 29.1 Å². The highest BCUT2D eigenvalue weighted by molar-refractivity contribution is 7.92. The van der Waals surface area contributed by atoms with Crippen LogP contribution in [0.15, 0.2) is 29.6 Å². The molecule has 4 aromatic rings. The molecule has 0 saturated heterocycles. The number of fused-ring (bicyclic) bond motifs is 2. The number of aromatic nitrogens is 6. The van der Waals surface area contributed by atoms with Gasteiger partial charge in [-0.3, -0.25) is 0 Å².